The van der Waals surface area contributed by atoms with Crippen molar-refractivity contribution in [2.75, 3.05) is 19.0 Å². The van der Waals surface area contributed by atoms with Crippen LogP contribution >= 0.6 is 0 Å². The Bertz CT molecular complexity index is 661. The minimum atomic E-state index is -3.90. The van der Waals surface area contributed by atoms with Gasteiger partial charge in [-0.3, -0.25) is 16.0 Å². The molecule has 1 saturated carbocycles. The monoisotopic (exact) mass is 314 g/mol. The highest BCUT2D eigenvalue weighted by molar-refractivity contribution is 7.89. The van der Waals surface area contributed by atoms with Crippen molar-refractivity contribution in [1.29, 1.82) is 0 Å². The Labute approximate surface area is 123 Å². The summed E-state index contributed by atoms with van der Waals surface area (Å²) in [7, 11) is -2.45. The van der Waals surface area contributed by atoms with E-state index in [9.17, 15) is 18.5 Å². The summed E-state index contributed by atoms with van der Waals surface area (Å²) in [5.41, 5.74) is 2.06. The van der Waals surface area contributed by atoms with E-state index >= 15 is 0 Å². The van der Waals surface area contributed by atoms with Gasteiger partial charge >= 0.3 is 0 Å². The molecule has 1 aromatic carbocycles. The first-order chi connectivity index (χ1) is 9.77. The van der Waals surface area contributed by atoms with E-state index < -0.39 is 20.6 Å². The fraction of sp³-hybridized carbons (Fsp3) is 0.500. The molecule has 1 aliphatic carbocycles. The summed E-state index contributed by atoms with van der Waals surface area (Å²) in [4.78, 5) is 10.1. The zero-order valence-electron chi connectivity index (χ0n) is 11.8. The Balaban J connectivity index is 2.36. The van der Waals surface area contributed by atoms with Gasteiger partial charge in [-0.25, -0.2) is 12.7 Å². The third-order valence-electron chi connectivity index (χ3n) is 3.78. The van der Waals surface area contributed by atoms with Gasteiger partial charge in [0.25, 0.3) is 5.69 Å². The summed E-state index contributed by atoms with van der Waals surface area (Å²) in [6.45, 7) is 2.42. The molecule has 116 valence electrons. The SMILES string of the molecule is CC1CC1CN(C)S(=O)(=O)c1ccc(NN)cc1[N+](=O)[O-]. The smallest absolute Gasteiger partial charge is 0.291 e. The van der Waals surface area contributed by atoms with Gasteiger partial charge in [0.1, 0.15) is 0 Å². The van der Waals surface area contributed by atoms with Crippen molar-refractivity contribution in [2.24, 2.45) is 17.7 Å². The van der Waals surface area contributed by atoms with Gasteiger partial charge in [0.15, 0.2) is 4.90 Å². The van der Waals surface area contributed by atoms with Crippen LogP contribution in [0.2, 0.25) is 0 Å². The third-order valence-corrected chi connectivity index (χ3v) is 5.65. The number of hydrogen-bond donors (Lipinski definition) is 2. The first kappa shape index (κ1) is 15.7. The Morgan fingerprint density at radius 2 is 2.14 bits per heavy atom. The molecular weight excluding hydrogens is 296 g/mol. The highest BCUT2D eigenvalue weighted by Crippen LogP contribution is 2.39. The van der Waals surface area contributed by atoms with Crippen LogP contribution in [0.5, 0.6) is 0 Å². The molecule has 0 heterocycles. The van der Waals surface area contributed by atoms with Crippen molar-refractivity contribution in [2.45, 2.75) is 18.2 Å². The highest BCUT2D eigenvalue weighted by atomic mass is 32.2. The van der Waals surface area contributed by atoms with E-state index in [4.69, 9.17) is 5.84 Å². The number of nitrogens with two attached hydrogens (primary N) is 1. The second-order valence-corrected chi connectivity index (χ2v) is 7.36. The largest absolute Gasteiger partial charge is 0.324 e. The number of rotatable bonds is 6. The molecule has 1 fully saturated rings. The molecule has 8 nitrogen and oxygen atoms in total. The molecule has 0 bridgehead atoms. The summed E-state index contributed by atoms with van der Waals surface area (Å²) in [6.07, 6.45) is 0.984. The van der Waals surface area contributed by atoms with E-state index in [1.807, 2.05) is 0 Å². The van der Waals surface area contributed by atoms with Gasteiger partial charge in [-0.2, -0.15) is 0 Å². The summed E-state index contributed by atoms with van der Waals surface area (Å²) in [6, 6.07) is 3.71. The Morgan fingerprint density at radius 3 is 2.62 bits per heavy atom. The molecule has 2 atom stereocenters. The van der Waals surface area contributed by atoms with Crippen molar-refractivity contribution in [1.82, 2.24) is 4.31 Å². The van der Waals surface area contributed by atoms with Gasteiger partial charge in [-0.05, 0) is 30.4 Å². The van der Waals surface area contributed by atoms with E-state index in [0.29, 0.717) is 18.4 Å². The predicted molar refractivity (Wildman–Crippen MR) is 78.0 cm³/mol. The normalized spacial score (nSPS) is 21.3. The molecule has 2 unspecified atom stereocenters. The first-order valence-electron chi connectivity index (χ1n) is 6.48. The number of sulfonamides is 1. The lowest BCUT2D eigenvalue weighted by atomic mass is 10.3. The number of benzene rings is 1. The van der Waals surface area contributed by atoms with Crippen LogP contribution < -0.4 is 11.3 Å². The maximum Gasteiger partial charge on any atom is 0.291 e. The van der Waals surface area contributed by atoms with Crippen LogP contribution in [0.15, 0.2) is 23.1 Å². The average Bonchev–Trinajstić information content (AvgIpc) is 3.13. The van der Waals surface area contributed by atoms with Gasteiger partial charge in [-0.1, -0.05) is 6.92 Å². The zero-order chi connectivity index (χ0) is 15.8. The minimum absolute atomic E-state index is 0.277. The summed E-state index contributed by atoms with van der Waals surface area (Å²) in [5, 5.41) is 11.1. The molecule has 9 heteroatoms. The van der Waals surface area contributed by atoms with E-state index in [1.165, 1.54) is 23.5 Å². The number of nitrogen functional groups attached to an aromatic ring is 1. The number of anilines is 1. The molecule has 0 aromatic heterocycles. The number of nitrogens with one attached hydrogen (secondary N) is 1. The number of nitro groups is 1. The molecular formula is C12H18N4O4S. The summed E-state index contributed by atoms with van der Waals surface area (Å²) in [5.74, 6) is 6.02. The van der Waals surface area contributed by atoms with Crippen LogP contribution in [0.3, 0.4) is 0 Å². The van der Waals surface area contributed by atoms with Gasteiger partial charge in [0.2, 0.25) is 10.0 Å². The summed E-state index contributed by atoms with van der Waals surface area (Å²) >= 11 is 0. The minimum Gasteiger partial charge on any atom is -0.324 e. The van der Waals surface area contributed by atoms with Crippen LogP contribution in [0, 0.1) is 22.0 Å². The Morgan fingerprint density at radius 1 is 1.52 bits per heavy atom. The quantitative estimate of drug-likeness (QED) is 0.462. The maximum atomic E-state index is 12.5. The predicted octanol–water partition coefficient (Wildman–Crippen LogP) is 1.16. The van der Waals surface area contributed by atoms with Gasteiger partial charge < -0.3 is 5.43 Å². The maximum absolute atomic E-state index is 12.5. The van der Waals surface area contributed by atoms with Crippen molar-refractivity contribution in [3.8, 4) is 0 Å². The van der Waals surface area contributed by atoms with Gasteiger partial charge in [-0.15, -0.1) is 0 Å². The number of hydrazine groups is 1. The lowest BCUT2D eigenvalue weighted by Gasteiger charge is -2.17. The highest BCUT2D eigenvalue weighted by Gasteiger charge is 2.37. The van der Waals surface area contributed by atoms with Crippen LogP contribution in [0.1, 0.15) is 13.3 Å². The number of nitrogens with zero attached hydrogens (tertiary/aromatic N) is 2. The third kappa shape index (κ3) is 3.14. The molecule has 0 saturated heterocycles. The Kier molecular flexibility index (Phi) is 4.17. The molecule has 2 rings (SSSR count). The van der Waals surface area contributed by atoms with Crippen LogP contribution in [0.25, 0.3) is 0 Å². The lowest BCUT2D eigenvalue weighted by molar-refractivity contribution is -0.387. The fourth-order valence-corrected chi connectivity index (χ4v) is 3.58. The van der Waals surface area contributed by atoms with Crippen molar-refractivity contribution >= 4 is 21.4 Å². The second kappa shape index (κ2) is 5.58. The summed E-state index contributed by atoms with van der Waals surface area (Å²) < 4.78 is 26.2. The van der Waals surface area contributed by atoms with E-state index in [2.05, 4.69) is 12.3 Å². The number of hydrogen-bond acceptors (Lipinski definition) is 6. The Hall–Kier alpha value is -1.71. The van der Waals surface area contributed by atoms with Gasteiger partial charge in [0, 0.05) is 19.7 Å². The first-order valence-corrected chi connectivity index (χ1v) is 7.92. The number of nitro benzene ring substituents is 1. The molecule has 3 N–H and O–H groups in total. The van der Waals surface area contributed by atoms with Gasteiger partial charge in [0.05, 0.1) is 10.6 Å². The van der Waals surface area contributed by atoms with E-state index in [-0.39, 0.29) is 10.6 Å². The van der Waals surface area contributed by atoms with Crippen LogP contribution in [-0.2, 0) is 10.0 Å². The molecule has 0 radical (unpaired) electrons. The zero-order valence-corrected chi connectivity index (χ0v) is 12.6. The average molecular weight is 314 g/mol. The van der Waals surface area contributed by atoms with E-state index in [0.717, 1.165) is 12.5 Å². The molecule has 1 aromatic rings. The van der Waals surface area contributed by atoms with Crippen molar-refractivity contribution in [3.63, 3.8) is 0 Å². The van der Waals surface area contributed by atoms with Crippen LogP contribution in [-0.4, -0.2) is 31.2 Å². The topological polar surface area (TPSA) is 119 Å². The molecule has 1 aliphatic rings. The molecule has 21 heavy (non-hydrogen) atoms. The lowest BCUT2D eigenvalue weighted by Crippen LogP contribution is -2.29. The van der Waals surface area contributed by atoms with Crippen molar-refractivity contribution in [3.05, 3.63) is 28.3 Å². The van der Waals surface area contributed by atoms with Crippen molar-refractivity contribution < 1.29 is 13.3 Å². The molecule has 0 amide bonds. The standard InChI is InChI=1S/C12H18N4O4S/c1-8-5-9(8)7-15(2)21(19,20)12-4-3-10(14-13)6-11(12)16(17)18/h3-4,6,8-9,14H,5,7,13H2,1-2H3. The molecule has 0 aliphatic heterocycles. The van der Waals surface area contributed by atoms with E-state index in [1.54, 1.807) is 0 Å². The second-order valence-electron chi connectivity index (χ2n) is 5.34. The fourth-order valence-electron chi connectivity index (χ4n) is 2.22. The van der Waals surface area contributed by atoms with Crippen LogP contribution in [0.4, 0.5) is 11.4 Å². The molecule has 0 spiro atoms.